The van der Waals surface area contributed by atoms with Crippen LogP contribution in [-0.2, 0) is 28.6 Å². The van der Waals surface area contributed by atoms with Gasteiger partial charge in [0.1, 0.15) is 33.6 Å². The Morgan fingerprint density at radius 3 is 2.76 bits per heavy atom. The molecule has 3 aromatic heterocycles. The van der Waals surface area contributed by atoms with Crippen molar-refractivity contribution in [1.82, 2.24) is 19.4 Å². The topological polar surface area (TPSA) is 163 Å². The molecule has 46 heavy (non-hydrogen) atoms. The summed E-state index contributed by atoms with van der Waals surface area (Å²) < 4.78 is 52.0. The van der Waals surface area contributed by atoms with E-state index in [0.29, 0.717) is 43.0 Å². The van der Waals surface area contributed by atoms with E-state index < -0.39 is 33.5 Å². The number of aromatic nitrogens is 3. The van der Waals surface area contributed by atoms with E-state index in [4.69, 9.17) is 21.4 Å². The fourth-order valence-electron chi connectivity index (χ4n) is 6.68. The second-order valence-corrected chi connectivity index (χ2v) is 14.2. The number of sulfonamides is 1. The number of nitrogens with one attached hydrogen (secondary N) is 2. The summed E-state index contributed by atoms with van der Waals surface area (Å²) in [6.07, 6.45) is 2.64. The molecule has 4 heterocycles. The Morgan fingerprint density at radius 1 is 1.26 bits per heavy atom. The average Bonchev–Trinajstić information content (AvgIpc) is 3.79. The van der Waals surface area contributed by atoms with Gasteiger partial charge in [-0.25, -0.2) is 18.1 Å². The van der Waals surface area contributed by atoms with Crippen LogP contribution in [0.15, 0.2) is 57.9 Å². The molecule has 11 nitrogen and oxygen atoms in total. The Hall–Kier alpha value is -4.09. The van der Waals surface area contributed by atoms with Crippen LogP contribution in [0.5, 0.6) is 0 Å². The number of fused-ring (bicyclic) bond motifs is 1. The largest absolute Gasteiger partial charge is 0.384 e. The second kappa shape index (κ2) is 12.3. The predicted molar refractivity (Wildman–Crippen MR) is 167 cm³/mol. The average molecular weight is 667 g/mol. The summed E-state index contributed by atoms with van der Waals surface area (Å²) in [5.74, 6) is -1.45. The number of pyridine rings is 1. The van der Waals surface area contributed by atoms with E-state index in [9.17, 15) is 22.7 Å². The summed E-state index contributed by atoms with van der Waals surface area (Å²) in [6.45, 7) is 3.97. The third kappa shape index (κ3) is 6.05. The molecule has 1 amide bonds. The maximum absolute atomic E-state index is 14.1. The molecule has 240 valence electrons. The number of nitrogens with zero attached hydrogens (tertiary/aromatic N) is 4. The first-order chi connectivity index (χ1) is 21.9. The minimum absolute atomic E-state index is 0.0149. The van der Waals surface area contributed by atoms with Crippen LogP contribution in [0.1, 0.15) is 67.1 Å². The lowest BCUT2D eigenvalue weighted by atomic mass is 9.85. The Balaban J connectivity index is 1.24. The number of aliphatic hydroxyl groups is 1. The van der Waals surface area contributed by atoms with E-state index in [1.54, 1.807) is 23.6 Å². The summed E-state index contributed by atoms with van der Waals surface area (Å²) in [5.41, 5.74) is -0.120. The van der Waals surface area contributed by atoms with Crippen LogP contribution < -0.4 is 10.0 Å². The lowest BCUT2D eigenvalue weighted by molar-refractivity contribution is 0.0200. The molecule has 2 aliphatic rings. The highest BCUT2D eigenvalue weighted by molar-refractivity contribution is 7.89. The summed E-state index contributed by atoms with van der Waals surface area (Å²) in [6, 6.07) is 14.5. The van der Waals surface area contributed by atoms with Gasteiger partial charge in [-0.2, -0.15) is 9.65 Å². The zero-order chi connectivity index (χ0) is 32.8. The monoisotopic (exact) mass is 666 g/mol. The van der Waals surface area contributed by atoms with Crippen molar-refractivity contribution >= 4 is 33.2 Å². The molecule has 0 radical (unpaired) electrons. The molecule has 4 aromatic rings. The van der Waals surface area contributed by atoms with Crippen LogP contribution in [0.2, 0.25) is 5.02 Å². The first-order valence-corrected chi connectivity index (χ1v) is 16.8. The van der Waals surface area contributed by atoms with Crippen LogP contribution in [0, 0.1) is 29.1 Å². The number of carbonyl (C=O) groups is 1. The molecule has 4 atom stereocenters. The zero-order valence-electron chi connectivity index (χ0n) is 25.1. The van der Waals surface area contributed by atoms with Crippen molar-refractivity contribution < 1.29 is 27.2 Å². The van der Waals surface area contributed by atoms with Gasteiger partial charge in [-0.3, -0.25) is 4.79 Å². The summed E-state index contributed by atoms with van der Waals surface area (Å²) >= 11 is 6.68. The van der Waals surface area contributed by atoms with Crippen LogP contribution in [0.25, 0.3) is 11.3 Å². The van der Waals surface area contributed by atoms with E-state index in [2.05, 4.69) is 20.2 Å². The number of benzene rings is 1. The molecule has 1 saturated carbocycles. The van der Waals surface area contributed by atoms with Gasteiger partial charge in [0.25, 0.3) is 5.91 Å². The van der Waals surface area contributed by atoms with Gasteiger partial charge in [-0.15, -0.1) is 0 Å². The van der Waals surface area contributed by atoms with Crippen molar-refractivity contribution in [3.63, 3.8) is 0 Å². The van der Waals surface area contributed by atoms with Gasteiger partial charge in [-0.05, 0) is 56.9 Å². The molecular formula is C32H32ClFN6O5S. The van der Waals surface area contributed by atoms with E-state index in [1.807, 2.05) is 37.3 Å². The van der Waals surface area contributed by atoms with Crippen LogP contribution in [0.3, 0.4) is 0 Å². The fraction of sp³-hybridized carbons (Fsp3) is 0.375. The van der Waals surface area contributed by atoms with Gasteiger partial charge in [-0.1, -0.05) is 54.0 Å². The van der Waals surface area contributed by atoms with Gasteiger partial charge in [0, 0.05) is 41.7 Å². The third-order valence-corrected chi connectivity index (χ3v) is 10.9. The van der Waals surface area contributed by atoms with Crippen molar-refractivity contribution in [3.05, 3.63) is 82.3 Å². The van der Waals surface area contributed by atoms with Crippen LogP contribution in [-0.4, -0.2) is 40.2 Å². The standard InChI is InChI=1S/C32H32ClFN6O5S/c1-18-10-11-20(16-32(2,42)25-15-24(45-38-25)19-7-4-3-5-8-19)28(18)39-46(43,44)30-23-9-6-12-40(23)29(27(30)33)31(41)37-21-13-22(17-35)36-26(34)14-21/h3-5,7-8,13-15,18,20,28,39,42H,6,9-12,16H2,1-2H3,(H,36,37,41). The number of carbonyl (C=O) groups excluding carboxylic acids is 1. The molecule has 1 aliphatic carbocycles. The number of anilines is 1. The first-order valence-electron chi connectivity index (χ1n) is 14.9. The number of amides is 1. The number of halogens is 2. The molecule has 1 fully saturated rings. The lowest BCUT2D eigenvalue weighted by Gasteiger charge is -2.30. The van der Waals surface area contributed by atoms with Crippen molar-refractivity contribution in [2.24, 2.45) is 11.8 Å². The van der Waals surface area contributed by atoms with E-state index in [-0.39, 0.29) is 45.2 Å². The molecular weight excluding hydrogens is 635 g/mol. The Morgan fingerprint density at radius 2 is 2.02 bits per heavy atom. The number of hydrogen-bond acceptors (Lipinski definition) is 8. The molecule has 6 rings (SSSR count). The summed E-state index contributed by atoms with van der Waals surface area (Å²) in [5, 5.41) is 27.0. The van der Waals surface area contributed by atoms with E-state index in [0.717, 1.165) is 18.1 Å². The zero-order valence-corrected chi connectivity index (χ0v) is 26.7. The maximum Gasteiger partial charge on any atom is 0.273 e. The van der Waals surface area contributed by atoms with Gasteiger partial charge >= 0.3 is 0 Å². The molecule has 1 aromatic carbocycles. The molecule has 0 saturated heterocycles. The molecule has 0 bridgehead atoms. The van der Waals surface area contributed by atoms with Crippen molar-refractivity contribution in [1.29, 1.82) is 5.26 Å². The summed E-state index contributed by atoms with van der Waals surface area (Å²) in [4.78, 5) is 16.7. The van der Waals surface area contributed by atoms with Crippen molar-refractivity contribution in [2.45, 2.75) is 69.0 Å². The smallest absolute Gasteiger partial charge is 0.273 e. The van der Waals surface area contributed by atoms with Gasteiger partial charge in [0.15, 0.2) is 5.76 Å². The summed E-state index contributed by atoms with van der Waals surface area (Å²) in [7, 11) is -4.23. The number of hydrogen-bond donors (Lipinski definition) is 3. The fourth-order valence-corrected chi connectivity index (χ4v) is 9.04. The van der Waals surface area contributed by atoms with Gasteiger partial charge in [0.05, 0.1) is 5.02 Å². The maximum atomic E-state index is 14.1. The Bertz CT molecular complexity index is 1950. The lowest BCUT2D eigenvalue weighted by Crippen LogP contribution is -2.43. The quantitative estimate of drug-likeness (QED) is 0.200. The molecule has 1 aliphatic heterocycles. The normalized spacial score (nSPS) is 20.7. The minimum atomic E-state index is -4.23. The molecule has 0 spiro atoms. The predicted octanol–water partition coefficient (Wildman–Crippen LogP) is 5.39. The van der Waals surface area contributed by atoms with Gasteiger partial charge in [0.2, 0.25) is 16.0 Å². The van der Waals surface area contributed by atoms with Gasteiger partial charge < -0.3 is 19.5 Å². The molecule has 4 unspecified atom stereocenters. The second-order valence-electron chi connectivity index (χ2n) is 12.2. The van der Waals surface area contributed by atoms with E-state index in [1.165, 1.54) is 6.07 Å². The molecule has 14 heteroatoms. The highest BCUT2D eigenvalue weighted by Crippen LogP contribution is 2.42. The van der Waals surface area contributed by atoms with Crippen molar-refractivity contribution in [2.75, 3.05) is 5.32 Å². The van der Waals surface area contributed by atoms with E-state index >= 15 is 0 Å². The Labute approximate surface area is 270 Å². The van der Waals surface area contributed by atoms with Crippen molar-refractivity contribution in [3.8, 4) is 17.4 Å². The third-order valence-electron chi connectivity index (χ3n) is 8.90. The SMILES string of the molecule is CC1CCC(CC(C)(O)c2cc(-c3ccccc3)on2)C1NS(=O)(=O)c1c(Cl)c(C(=O)Nc2cc(F)nc(C#N)c2)n2c1CCC2. The highest BCUT2D eigenvalue weighted by atomic mass is 35.5. The molecule has 3 N–H and O–H groups in total. The number of nitriles is 1. The van der Waals surface area contributed by atoms with Crippen LogP contribution in [0.4, 0.5) is 10.1 Å². The number of rotatable bonds is 9. The van der Waals surface area contributed by atoms with Crippen LogP contribution >= 0.6 is 11.6 Å². The minimum Gasteiger partial charge on any atom is -0.384 e. The highest BCUT2D eigenvalue weighted by Gasteiger charge is 2.43. The first kappa shape index (κ1) is 31.9. The Kier molecular flexibility index (Phi) is 8.49.